The van der Waals surface area contributed by atoms with Crippen LogP contribution in [0.15, 0.2) is 192 Å². The van der Waals surface area contributed by atoms with Crippen LogP contribution < -0.4 is 0 Å². The molecule has 0 amide bonds. The first kappa shape index (κ1) is 32.2. The van der Waals surface area contributed by atoms with Gasteiger partial charge >= 0.3 is 0 Å². The van der Waals surface area contributed by atoms with Crippen molar-refractivity contribution in [3.8, 4) is 67.5 Å². The fourth-order valence-corrected chi connectivity index (χ4v) is 8.97. The lowest BCUT2D eigenvalue weighted by Crippen LogP contribution is -2.00. The van der Waals surface area contributed by atoms with E-state index >= 15 is 0 Å². The SMILES string of the molecule is c1ccc(-c2ccc(-c3ccc(-c4nc(-c5ccc6c(c5)oc5c(-c7ccccc7)cccc56)nc(-c5cccc6c5sc5ccccc56)n4)cc3)cc2)cc1. The van der Waals surface area contributed by atoms with Crippen LogP contribution in [-0.4, -0.2) is 15.0 Å². The number of thiophene rings is 1. The lowest BCUT2D eigenvalue weighted by Gasteiger charge is -2.10. The molecule has 0 saturated carbocycles. The Kier molecular flexibility index (Phi) is 7.64. The molecule has 8 aromatic carbocycles. The third kappa shape index (κ3) is 5.56. The number of benzene rings is 8. The summed E-state index contributed by atoms with van der Waals surface area (Å²) in [6.45, 7) is 0. The summed E-state index contributed by atoms with van der Waals surface area (Å²) < 4.78 is 9.04. The average Bonchev–Trinajstić information content (AvgIpc) is 3.85. The van der Waals surface area contributed by atoms with E-state index in [-0.39, 0.29) is 0 Å². The van der Waals surface area contributed by atoms with E-state index in [0.717, 1.165) is 65.6 Å². The molecule has 262 valence electrons. The molecule has 0 saturated heterocycles. The van der Waals surface area contributed by atoms with Crippen molar-refractivity contribution in [2.45, 2.75) is 0 Å². The first-order valence-electron chi connectivity index (χ1n) is 18.7. The highest BCUT2D eigenvalue weighted by molar-refractivity contribution is 7.26. The Morgan fingerprint density at radius 1 is 0.339 bits per heavy atom. The summed E-state index contributed by atoms with van der Waals surface area (Å²) in [6, 6.07) is 65.6. The molecule has 0 radical (unpaired) electrons. The van der Waals surface area contributed by atoms with E-state index in [4.69, 9.17) is 19.4 Å². The van der Waals surface area contributed by atoms with E-state index in [1.807, 2.05) is 12.1 Å². The summed E-state index contributed by atoms with van der Waals surface area (Å²) >= 11 is 1.77. The van der Waals surface area contributed by atoms with Gasteiger partial charge in [-0.2, -0.15) is 0 Å². The second-order valence-corrected chi connectivity index (χ2v) is 15.0. The molecule has 0 aliphatic rings. The van der Waals surface area contributed by atoms with Crippen molar-refractivity contribution in [3.05, 3.63) is 188 Å². The van der Waals surface area contributed by atoms with Crippen LogP contribution >= 0.6 is 11.3 Å². The van der Waals surface area contributed by atoms with Crippen LogP contribution in [0.3, 0.4) is 0 Å². The fraction of sp³-hybridized carbons (Fsp3) is 0. The topological polar surface area (TPSA) is 51.8 Å². The minimum Gasteiger partial charge on any atom is -0.455 e. The molecule has 0 atom stereocenters. The first-order valence-corrected chi connectivity index (χ1v) is 19.5. The van der Waals surface area contributed by atoms with Crippen LogP contribution in [-0.2, 0) is 0 Å². The molecule has 5 heteroatoms. The summed E-state index contributed by atoms with van der Waals surface area (Å²) in [5.74, 6) is 1.85. The molecule has 0 aliphatic heterocycles. The maximum atomic E-state index is 6.64. The largest absolute Gasteiger partial charge is 0.455 e. The van der Waals surface area contributed by atoms with E-state index in [1.165, 1.54) is 26.6 Å². The number of hydrogen-bond acceptors (Lipinski definition) is 5. The van der Waals surface area contributed by atoms with Gasteiger partial charge in [-0.1, -0.05) is 164 Å². The Morgan fingerprint density at radius 3 is 1.57 bits per heavy atom. The van der Waals surface area contributed by atoms with Gasteiger partial charge in [0.25, 0.3) is 0 Å². The third-order valence-electron chi connectivity index (χ3n) is 10.6. The van der Waals surface area contributed by atoms with Gasteiger partial charge < -0.3 is 4.42 Å². The molecule has 11 aromatic rings. The minimum atomic E-state index is 0.592. The van der Waals surface area contributed by atoms with E-state index < -0.39 is 0 Å². The standard InChI is InChI=1S/C51H31N3OS/c1-3-11-32(12-4-1)33-21-23-34(24-22-33)35-25-27-37(28-26-35)49-52-50(54-51(53-49)44-19-10-18-43-41-15-7-8-20-46(41)56-48(43)44)38-29-30-40-42-17-9-16-39(36-13-5-2-6-14-36)47(42)55-45(40)31-38/h1-31H. The van der Waals surface area contributed by atoms with Crippen molar-refractivity contribution in [2.75, 3.05) is 0 Å². The van der Waals surface area contributed by atoms with Crippen molar-refractivity contribution in [3.63, 3.8) is 0 Å². The van der Waals surface area contributed by atoms with Crippen LogP contribution in [0, 0.1) is 0 Å². The van der Waals surface area contributed by atoms with Crippen molar-refractivity contribution >= 4 is 53.4 Å². The molecule has 3 heterocycles. The smallest absolute Gasteiger partial charge is 0.165 e. The highest BCUT2D eigenvalue weighted by Crippen LogP contribution is 2.41. The van der Waals surface area contributed by atoms with E-state index in [1.54, 1.807) is 11.3 Å². The van der Waals surface area contributed by atoms with E-state index in [2.05, 4.69) is 176 Å². The molecule has 3 aromatic heterocycles. The zero-order valence-electron chi connectivity index (χ0n) is 30.1. The number of nitrogens with zero attached hydrogens (tertiary/aromatic N) is 3. The molecule has 4 nitrogen and oxygen atoms in total. The Labute approximate surface area is 327 Å². The number of para-hydroxylation sites is 1. The van der Waals surface area contributed by atoms with Gasteiger partial charge in [-0.05, 0) is 52.1 Å². The maximum absolute atomic E-state index is 6.64. The molecular weight excluding hydrogens is 703 g/mol. The molecule has 0 N–H and O–H groups in total. The van der Waals surface area contributed by atoms with Crippen molar-refractivity contribution in [1.29, 1.82) is 0 Å². The zero-order valence-corrected chi connectivity index (χ0v) is 30.9. The number of furan rings is 1. The Morgan fingerprint density at radius 2 is 0.857 bits per heavy atom. The van der Waals surface area contributed by atoms with Gasteiger partial charge in [0, 0.05) is 53.2 Å². The Balaban J connectivity index is 1.04. The summed E-state index contributed by atoms with van der Waals surface area (Å²) in [6.07, 6.45) is 0. The van der Waals surface area contributed by atoms with Crippen LogP contribution in [0.5, 0.6) is 0 Å². The average molecular weight is 734 g/mol. The molecule has 0 spiro atoms. The van der Waals surface area contributed by atoms with E-state index in [0.29, 0.717) is 17.5 Å². The lowest BCUT2D eigenvalue weighted by atomic mass is 9.99. The molecule has 0 aliphatic carbocycles. The summed E-state index contributed by atoms with van der Waals surface area (Å²) in [4.78, 5) is 15.5. The Bertz CT molecular complexity index is 3220. The molecule has 56 heavy (non-hydrogen) atoms. The maximum Gasteiger partial charge on any atom is 0.165 e. The van der Waals surface area contributed by atoms with Crippen molar-refractivity contribution in [1.82, 2.24) is 15.0 Å². The van der Waals surface area contributed by atoms with Crippen LogP contribution in [0.2, 0.25) is 0 Å². The summed E-state index contributed by atoms with van der Waals surface area (Å²) in [5.41, 5.74) is 11.3. The summed E-state index contributed by atoms with van der Waals surface area (Å²) in [5, 5.41) is 4.57. The van der Waals surface area contributed by atoms with Gasteiger partial charge in [-0.25, -0.2) is 15.0 Å². The molecule has 11 rings (SSSR count). The van der Waals surface area contributed by atoms with Crippen molar-refractivity contribution in [2.24, 2.45) is 0 Å². The normalized spacial score (nSPS) is 11.6. The lowest BCUT2D eigenvalue weighted by molar-refractivity contribution is 0.670. The molecule has 0 unspecified atom stereocenters. The molecule has 0 bridgehead atoms. The van der Waals surface area contributed by atoms with Gasteiger partial charge in [-0.15, -0.1) is 11.3 Å². The predicted molar refractivity (Wildman–Crippen MR) is 233 cm³/mol. The van der Waals surface area contributed by atoms with Gasteiger partial charge in [-0.3, -0.25) is 0 Å². The number of fused-ring (bicyclic) bond motifs is 6. The van der Waals surface area contributed by atoms with Crippen LogP contribution in [0.1, 0.15) is 0 Å². The van der Waals surface area contributed by atoms with Gasteiger partial charge in [0.05, 0.1) is 0 Å². The van der Waals surface area contributed by atoms with Crippen LogP contribution in [0.4, 0.5) is 0 Å². The predicted octanol–water partition coefficient (Wildman–Crippen LogP) is 14.1. The zero-order chi connectivity index (χ0) is 37.0. The second-order valence-electron chi connectivity index (χ2n) is 14.0. The van der Waals surface area contributed by atoms with E-state index in [9.17, 15) is 0 Å². The fourth-order valence-electron chi connectivity index (χ4n) is 7.76. The number of hydrogen-bond donors (Lipinski definition) is 0. The molecule has 0 fully saturated rings. The molecular formula is C51H31N3OS. The van der Waals surface area contributed by atoms with Gasteiger partial charge in [0.15, 0.2) is 17.5 Å². The van der Waals surface area contributed by atoms with Crippen molar-refractivity contribution < 1.29 is 4.42 Å². The number of aromatic nitrogens is 3. The summed E-state index contributed by atoms with van der Waals surface area (Å²) in [7, 11) is 0. The second kappa shape index (κ2) is 13.3. The monoisotopic (exact) mass is 733 g/mol. The van der Waals surface area contributed by atoms with Gasteiger partial charge in [0.2, 0.25) is 0 Å². The quantitative estimate of drug-likeness (QED) is 0.171. The Hall–Kier alpha value is -7.21. The first-order chi connectivity index (χ1) is 27.7. The minimum absolute atomic E-state index is 0.592. The highest BCUT2D eigenvalue weighted by Gasteiger charge is 2.19. The number of rotatable bonds is 6. The highest BCUT2D eigenvalue weighted by atomic mass is 32.1. The van der Waals surface area contributed by atoms with Crippen LogP contribution in [0.25, 0.3) is 110 Å². The van der Waals surface area contributed by atoms with Gasteiger partial charge in [0.1, 0.15) is 11.2 Å². The third-order valence-corrected chi connectivity index (χ3v) is 11.8.